The summed E-state index contributed by atoms with van der Waals surface area (Å²) in [5, 5.41) is 19.2. The molecule has 0 spiro atoms. The number of aliphatic carboxylic acids is 1. The Kier molecular flexibility index (Phi) is 4.36. The molecule has 0 saturated carbocycles. The number of amides is 1. The van der Waals surface area contributed by atoms with Crippen LogP contribution >= 0.6 is 0 Å². The van der Waals surface area contributed by atoms with Gasteiger partial charge in [0, 0.05) is 7.05 Å². The number of hydrogen-bond donors (Lipinski definition) is 2. The van der Waals surface area contributed by atoms with Gasteiger partial charge in [-0.25, -0.2) is 0 Å². The molecule has 1 aromatic carbocycles. The average molecular weight is 279 g/mol. The topological polar surface area (TPSA) is 87.1 Å². The van der Waals surface area contributed by atoms with E-state index in [9.17, 15) is 14.7 Å². The maximum atomic E-state index is 12.2. The number of benzene rings is 1. The molecule has 20 heavy (non-hydrogen) atoms. The van der Waals surface area contributed by atoms with Crippen LogP contribution in [0.25, 0.3) is 0 Å². The third-order valence-corrected chi connectivity index (χ3v) is 3.56. The van der Waals surface area contributed by atoms with Gasteiger partial charge in [-0.1, -0.05) is 30.3 Å². The smallest absolute Gasteiger partial charge is 0.311 e. The van der Waals surface area contributed by atoms with E-state index in [1.807, 2.05) is 0 Å². The van der Waals surface area contributed by atoms with E-state index < -0.39 is 29.9 Å². The van der Waals surface area contributed by atoms with Crippen LogP contribution < -0.4 is 0 Å². The summed E-state index contributed by atoms with van der Waals surface area (Å²) in [6.07, 6.45) is -1.30. The van der Waals surface area contributed by atoms with Crippen molar-refractivity contribution in [3.63, 3.8) is 0 Å². The Morgan fingerprint density at radius 2 is 1.95 bits per heavy atom. The maximum Gasteiger partial charge on any atom is 0.311 e. The number of hydrogen-bond acceptors (Lipinski definition) is 4. The zero-order valence-corrected chi connectivity index (χ0v) is 11.1. The third-order valence-electron chi connectivity index (χ3n) is 3.56. The lowest BCUT2D eigenvalue weighted by Crippen LogP contribution is -2.45. The monoisotopic (exact) mass is 279 g/mol. The van der Waals surface area contributed by atoms with Gasteiger partial charge in [0.05, 0.1) is 19.3 Å². The van der Waals surface area contributed by atoms with Gasteiger partial charge in [-0.15, -0.1) is 0 Å². The van der Waals surface area contributed by atoms with Crippen LogP contribution in [0.3, 0.4) is 0 Å². The van der Waals surface area contributed by atoms with Gasteiger partial charge in [0.1, 0.15) is 5.92 Å². The summed E-state index contributed by atoms with van der Waals surface area (Å²) in [4.78, 5) is 24.6. The van der Waals surface area contributed by atoms with E-state index in [-0.39, 0.29) is 13.2 Å². The summed E-state index contributed by atoms with van der Waals surface area (Å²) in [6.45, 7) is 0.250. The molecule has 0 aromatic heterocycles. The van der Waals surface area contributed by atoms with E-state index in [1.54, 1.807) is 30.3 Å². The molecule has 1 fully saturated rings. The number of carbonyl (C=O) groups is 2. The number of likely N-dealkylation sites (N-methyl/N-ethyl adjacent to an activating group) is 1. The van der Waals surface area contributed by atoms with Gasteiger partial charge in [-0.05, 0) is 5.56 Å². The van der Waals surface area contributed by atoms with Crippen molar-refractivity contribution in [2.45, 2.75) is 12.1 Å². The van der Waals surface area contributed by atoms with Crippen LogP contribution in [0.15, 0.2) is 30.3 Å². The second-order valence-corrected chi connectivity index (χ2v) is 4.81. The first-order chi connectivity index (χ1) is 9.52. The van der Waals surface area contributed by atoms with Crippen LogP contribution in [-0.2, 0) is 14.3 Å². The number of ether oxygens (including phenoxy) is 1. The molecule has 1 heterocycles. The summed E-state index contributed by atoms with van der Waals surface area (Å²) in [5.41, 5.74) is 0.482. The van der Waals surface area contributed by atoms with Gasteiger partial charge < -0.3 is 19.8 Å². The molecule has 108 valence electrons. The number of carboxylic acids is 1. The van der Waals surface area contributed by atoms with E-state index in [0.29, 0.717) is 5.56 Å². The van der Waals surface area contributed by atoms with Crippen LogP contribution in [0, 0.1) is 5.92 Å². The van der Waals surface area contributed by atoms with E-state index in [0.717, 1.165) is 0 Å². The predicted molar refractivity (Wildman–Crippen MR) is 69.9 cm³/mol. The van der Waals surface area contributed by atoms with Gasteiger partial charge in [0.25, 0.3) is 5.91 Å². The molecule has 1 amide bonds. The van der Waals surface area contributed by atoms with E-state index in [4.69, 9.17) is 9.84 Å². The van der Waals surface area contributed by atoms with Crippen LogP contribution in [0.4, 0.5) is 0 Å². The minimum absolute atomic E-state index is 0.0824. The summed E-state index contributed by atoms with van der Waals surface area (Å²) >= 11 is 0. The molecule has 2 N–H and O–H groups in total. The van der Waals surface area contributed by atoms with Crippen molar-refractivity contribution in [3.05, 3.63) is 35.9 Å². The lowest BCUT2D eigenvalue weighted by molar-refractivity contribution is -0.147. The van der Waals surface area contributed by atoms with Crippen molar-refractivity contribution >= 4 is 11.9 Å². The van der Waals surface area contributed by atoms with Gasteiger partial charge in [0.2, 0.25) is 0 Å². The largest absolute Gasteiger partial charge is 0.481 e. The highest BCUT2D eigenvalue weighted by atomic mass is 16.5. The molecule has 3 atom stereocenters. The highest BCUT2D eigenvalue weighted by molar-refractivity contribution is 5.83. The predicted octanol–water partition coefficient (Wildman–Crippen LogP) is 0.278. The Labute approximate surface area is 116 Å². The molecule has 6 heteroatoms. The molecule has 2 rings (SSSR count). The third kappa shape index (κ3) is 2.81. The second-order valence-electron chi connectivity index (χ2n) is 4.81. The van der Waals surface area contributed by atoms with Crippen molar-refractivity contribution in [3.8, 4) is 0 Å². The molecular formula is C14H17NO5. The van der Waals surface area contributed by atoms with E-state index in [2.05, 4.69) is 0 Å². The molecule has 0 bridgehead atoms. The van der Waals surface area contributed by atoms with Crippen molar-refractivity contribution in [2.24, 2.45) is 5.92 Å². The number of rotatable bonds is 4. The van der Waals surface area contributed by atoms with Gasteiger partial charge >= 0.3 is 5.97 Å². The number of carboxylic acid groups (broad SMARTS) is 1. The van der Waals surface area contributed by atoms with Crippen molar-refractivity contribution in [1.29, 1.82) is 0 Å². The van der Waals surface area contributed by atoms with Gasteiger partial charge in [0.15, 0.2) is 6.10 Å². The maximum absolute atomic E-state index is 12.2. The van der Waals surface area contributed by atoms with Crippen LogP contribution in [0.2, 0.25) is 0 Å². The minimum atomic E-state index is -1.30. The number of aliphatic hydroxyl groups excluding tert-OH is 1. The fourth-order valence-corrected chi connectivity index (χ4v) is 2.29. The summed E-state index contributed by atoms with van der Waals surface area (Å²) in [7, 11) is 1.49. The Morgan fingerprint density at radius 1 is 1.30 bits per heavy atom. The molecule has 1 saturated heterocycles. The van der Waals surface area contributed by atoms with Crippen molar-refractivity contribution < 1.29 is 24.5 Å². The molecule has 0 radical (unpaired) electrons. The first-order valence-electron chi connectivity index (χ1n) is 6.32. The van der Waals surface area contributed by atoms with Crippen LogP contribution in [0.5, 0.6) is 0 Å². The fraction of sp³-hybridized carbons (Fsp3) is 0.429. The van der Waals surface area contributed by atoms with Crippen molar-refractivity contribution in [2.75, 3.05) is 20.3 Å². The average Bonchev–Trinajstić information content (AvgIpc) is 2.95. The number of nitrogens with zero attached hydrogens (tertiary/aromatic N) is 1. The van der Waals surface area contributed by atoms with Crippen LogP contribution in [0.1, 0.15) is 11.7 Å². The standard InChI is InChI=1S/C14H17NO5/c1-15(11-8-20-7-10(11)14(18)19)13(17)12(16)9-5-3-2-4-6-9/h2-6,10-12,16H,7-8H2,1H3,(H,18,19). The highest BCUT2D eigenvalue weighted by Gasteiger charge is 2.39. The summed E-state index contributed by atoms with van der Waals surface area (Å²) < 4.78 is 5.13. The Morgan fingerprint density at radius 3 is 2.55 bits per heavy atom. The zero-order chi connectivity index (χ0) is 14.7. The second kappa shape index (κ2) is 6.02. The summed E-state index contributed by atoms with van der Waals surface area (Å²) in [6, 6.07) is 7.98. The van der Waals surface area contributed by atoms with Gasteiger partial charge in [-0.2, -0.15) is 0 Å². The zero-order valence-electron chi connectivity index (χ0n) is 11.1. The summed E-state index contributed by atoms with van der Waals surface area (Å²) in [5.74, 6) is -2.29. The van der Waals surface area contributed by atoms with Gasteiger partial charge in [-0.3, -0.25) is 9.59 Å². The normalized spacial score (nSPS) is 23.3. The van der Waals surface area contributed by atoms with E-state index in [1.165, 1.54) is 11.9 Å². The molecule has 6 nitrogen and oxygen atoms in total. The molecule has 1 aromatic rings. The first kappa shape index (κ1) is 14.5. The SMILES string of the molecule is CN(C(=O)C(O)c1ccccc1)C1COCC1C(=O)O. The molecule has 1 aliphatic rings. The highest BCUT2D eigenvalue weighted by Crippen LogP contribution is 2.23. The molecule has 1 aliphatic heterocycles. The van der Waals surface area contributed by atoms with E-state index >= 15 is 0 Å². The lowest BCUT2D eigenvalue weighted by Gasteiger charge is -2.28. The minimum Gasteiger partial charge on any atom is -0.481 e. The fourth-order valence-electron chi connectivity index (χ4n) is 2.29. The molecule has 3 unspecified atom stereocenters. The Balaban J connectivity index is 2.10. The van der Waals surface area contributed by atoms with Crippen LogP contribution in [-0.4, -0.2) is 53.3 Å². The Hall–Kier alpha value is -1.92. The first-order valence-corrected chi connectivity index (χ1v) is 6.32. The lowest BCUT2D eigenvalue weighted by atomic mass is 10.0. The quantitative estimate of drug-likeness (QED) is 0.826. The number of carbonyl (C=O) groups excluding carboxylic acids is 1. The Bertz CT molecular complexity index is 490. The molecular weight excluding hydrogens is 262 g/mol. The molecule has 0 aliphatic carbocycles. The number of aliphatic hydroxyl groups is 1. The van der Waals surface area contributed by atoms with Crippen molar-refractivity contribution in [1.82, 2.24) is 4.90 Å².